The number of aromatic nitrogens is 1. The number of hydrogen-bond acceptors (Lipinski definition) is 4. The molecule has 3 rings (SSSR count). The average molecular weight is 263 g/mol. The Labute approximate surface area is 116 Å². The van der Waals surface area contributed by atoms with Crippen LogP contribution in [0.5, 0.6) is 5.75 Å². The quantitative estimate of drug-likeness (QED) is 0.683. The molecule has 0 aliphatic heterocycles. The van der Waals surface area contributed by atoms with Gasteiger partial charge in [-0.05, 0) is 42.8 Å². The fourth-order valence-electron chi connectivity index (χ4n) is 2.01. The molecule has 0 aliphatic rings. The van der Waals surface area contributed by atoms with Gasteiger partial charge < -0.3 is 5.11 Å². The van der Waals surface area contributed by atoms with Gasteiger partial charge >= 0.3 is 0 Å². The highest BCUT2D eigenvalue weighted by molar-refractivity contribution is 5.93. The molecule has 0 fully saturated rings. The topological polar surface area (TPSA) is 57.8 Å². The van der Waals surface area contributed by atoms with Gasteiger partial charge in [-0.1, -0.05) is 18.2 Å². The number of benzene rings is 2. The molecule has 0 spiro atoms. The summed E-state index contributed by atoms with van der Waals surface area (Å²) in [5, 5.41) is 19.0. The zero-order valence-electron chi connectivity index (χ0n) is 11.0. The van der Waals surface area contributed by atoms with Gasteiger partial charge in [0.1, 0.15) is 17.0 Å². The van der Waals surface area contributed by atoms with Crippen molar-refractivity contribution in [3.05, 3.63) is 60.3 Å². The largest absolute Gasteiger partial charge is 0.507 e. The second kappa shape index (κ2) is 5.09. The number of pyridine rings is 1. The molecule has 0 atom stereocenters. The third-order valence-corrected chi connectivity index (χ3v) is 3.11. The number of phenols is 1. The lowest BCUT2D eigenvalue weighted by molar-refractivity contribution is 0.481. The first-order chi connectivity index (χ1) is 9.75. The van der Waals surface area contributed by atoms with E-state index in [9.17, 15) is 5.11 Å². The van der Waals surface area contributed by atoms with E-state index in [2.05, 4.69) is 15.2 Å². The second-order valence-electron chi connectivity index (χ2n) is 4.49. The Morgan fingerprint density at radius 1 is 0.900 bits per heavy atom. The number of phenolic OH excluding ortho intramolecular Hbond substituents is 1. The highest BCUT2D eigenvalue weighted by Crippen LogP contribution is 2.32. The Kier molecular flexibility index (Phi) is 3.13. The lowest BCUT2D eigenvalue weighted by Crippen LogP contribution is -1.79. The van der Waals surface area contributed by atoms with Crippen LogP contribution in [0.2, 0.25) is 0 Å². The molecule has 0 saturated heterocycles. The smallest absolute Gasteiger partial charge is 0.125 e. The van der Waals surface area contributed by atoms with Crippen LogP contribution in [0.4, 0.5) is 11.4 Å². The van der Waals surface area contributed by atoms with Crippen LogP contribution in [0.1, 0.15) is 5.56 Å². The van der Waals surface area contributed by atoms with Crippen LogP contribution in [0.15, 0.2) is 65.0 Å². The van der Waals surface area contributed by atoms with Crippen LogP contribution < -0.4 is 0 Å². The van der Waals surface area contributed by atoms with E-state index in [0.29, 0.717) is 16.6 Å². The summed E-state index contributed by atoms with van der Waals surface area (Å²) >= 11 is 0. The molecule has 3 aromatic rings. The highest BCUT2D eigenvalue weighted by Gasteiger charge is 2.05. The molecular formula is C16H13N3O. The van der Waals surface area contributed by atoms with Crippen LogP contribution in [-0.2, 0) is 0 Å². The van der Waals surface area contributed by atoms with E-state index in [1.165, 1.54) is 0 Å². The van der Waals surface area contributed by atoms with Crippen molar-refractivity contribution in [2.24, 2.45) is 10.2 Å². The van der Waals surface area contributed by atoms with Gasteiger partial charge in [-0.25, -0.2) is 0 Å². The van der Waals surface area contributed by atoms with Crippen LogP contribution >= 0.6 is 0 Å². The second-order valence-corrected chi connectivity index (χ2v) is 4.49. The minimum absolute atomic E-state index is 0.197. The molecule has 0 bridgehead atoms. The summed E-state index contributed by atoms with van der Waals surface area (Å²) in [5.41, 5.74) is 3.17. The van der Waals surface area contributed by atoms with E-state index in [1.807, 2.05) is 37.3 Å². The summed E-state index contributed by atoms with van der Waals surface area (Å²) in [6, 6.07) is 14.7. The number of aromatic hydroxyl groups is 1. The standard InChI is InChI=1S/C16H13N3O/c1-11-5-2-3-7-13(11)18-19-14-8-9-15(20)12-6-4-10-17-16(12)14/h2-10,20H,1H3. The predicted molar refractivity (Wildman–Crippen MR) is 78.8 cm³/mol. The summed E-state index contributed by atoms with van der Waals surface area (Å²) in [5.74, 6) is 0.197. The van der Waals surface area contributed by atoms with Crippen LogP contribution in [-0.4, -0.2) is 10.1 Å². The van der Waals surface area contributed by atoms with E-state index >= 15 is 0 Å². The van der Waals surface area contributed by atoms with Crippen molar-refractivity contribution in [1.29, 1.82) is 0 Å². The minimum Gasteiger partial charge on any atom is -0.507 e. The molecular weight excluding hydrogens is 250 g/mol. The molecule has 20 heavy (non-hydrogen) atoms. The number of fused-ring (bicyclic) bond motifs is 1. The normalized spacial score (nSPS) is 11.2. The Morgan fingerprint density at radius 2 is 1.70 bits per heavy atom. The molecule has 1 N–H and O–H groups in total. The van der Waals surface area contributed by atoms with Crippen LogP contribution in [0.3, 0.4) is 0 Å². The lowest BCUT2D eigenvalue weighted by atomic mass is 10.2. The Balaban J connectivity index is 2.08. The van der Waals surface area contributed by atoms with Crippen molar-refractivity contribution in [2.75, 3.05) is 0 Å². The maximum absolute atomic E-state index is 9.81. The molecule has 4 nitrogen and oxygen atoms in total. The van der Waals surface area contributed by atoms with Gasteiger partial charge in [0.25, 0.3) is 0 Å². The average Bonchev–Trinajstić information content (AvgIpc) is 2.48. The number of nitrogens with zero attached hydrogens (tertiary/aromatic N) is 3. The first kappa shape index (κ1) is 12.3. The molecule has 0 aliphatic carbocycles. The van der Waals surface area contributed by atoms with Gasteiger partial charge in [-0.15, -0.1) is 5.11 Å². The van der Waals surface area contributed by atoms with Crippen molar-refractivity contribution < 1.29 is 5.11 Å². The van der Waals surface area contributed by atoms with Gasteiger partial charge in [0, 0.05) is 11.6 Å². The zero-order valence-corrected chi connectivity index (χ0v) is 11.0. The van der Waals surface area contributed by atoms with Gasteiger partial charge in [0.2, 0.25) is 0 Å². The van der Waals surface area contributed by atoms with Gasteiger partial charge in [-0.2, -0.15) is 5.11 Å². The van der Waals surface area contributed by atoms with E-state index < -0.39 is 0 Å². The van der Waals surface area contributed by atoms with Crippen molar-refractivity contribution in [2.45, 2.75) is 6.92 Å². The summed E-state index contributed by atoms with van der Waals surface area (Å²) in [7, 11) is 0. The van der Waals surface area contributed by atoms with Crippen molar-refractivity contribution in [1.82, 2.24) is 4.98 Å². The van der Waals surface area contributed by atoms with E-state index in [4.69, 9.17) is 0 Å². The Morgan fingerprint density at radius 3 is 2.55 bits per heavy atom. The first-order valence-electron chi connectivity index (χ1n) is 6.30. The fourth-order valence-corrected chi connectivity index (χ4v) is 2.01. The van der Waals surface area contributed by atoms with Crippen LogP contribution in [0.25, 0.3) is 10.9 Å². The SMILES string of the molecule is Cc1ccccc1N=Nc1ccc(O)c2cccnc12. The third-order valence-electron chi connectivity index (χ3n) is 3.11. The van der Waals surface area contributed by atoms with E-state index in [1.54, 1.807) is 24.4 Å². The Hall–Kier alpha value is -2.75. The van der Waals surface area contributed by atoms with Gasteiger partial charge in [0.05, 0.1) is 5.69 Å². The predicted octanol–water partition coefficient (Wildman–Crippen LogP) is 4.66. The van der Waals surface area contributed by atoms with Crippen molar-refractivity contribution >= 4 is 22.3 Å². The van der Waals surface area contributed by atoms with Gasteiger partial charge in [0.15, 0.2) is 0 Å². The van der Waals surface area contributed by atoms with Crippen molar-refractivity contribution in [3.8, 4) is 5.75 Å². The number of hydrogen-bond donors (Lipinski definition) is 1. The number of azo groups is 1. The maximum atomic E-state index is 9.81. The summed E-state index contributed by atoms with van der Waals surface area (Å²) in [6.07, 6.45) is 1.68. The van der Waals surface area contributed by atoms with Crippen molar-refractivity contribution in [3.63, 3.8) is 0 Å². The molecule has 0 saturated carbocycles. The highest BCUT2D eigenvalue weighted by atomic mass is 16.3. The number of aryl methyl sites for hydroxylation is 1. The summed E-state index contributed by atoms with van der Waals surface area (Å²) < 4.78 is 0. The number of rotatable bonds is 2. The van der Waals surface area contributed by atoms with E-state index in [-0.39, 0.29) is 5.75 Å². The molecule has 2 aromatic carbocycles. The lowest BCUT2D eigenvalue weighted by Gasteiger charge is -2.02. The summed E-state index contributed by atoms with van der Waals surface area (Å²) in [4.78, 5) is 4.26. The molecule has 1 aromatic heterocycles. The van der Waals surface area contributed by atoms with E-state index in [0.717, 1.165) is 11.3 Å². The monoisotopic (exact) mass is 263 g/mol. The summed E-state index contributed by atoms with van der Waals surface area (Å²) in [6.45, 7) is 1.99. The molecule has 1 heterocycles. The molecule has 0 radical (unpaired) electrons. The van der Waals surface area contributed by atoms with Crippen LogP contribution in [0, 0.1) is 6.92 Å². The minimum atomic E-state index is 0.197. The fraction of sp³-hybridized carbons (Fsp3) is 0.0625. The maximum Gasteiger partial charge on any atom is 0.125 e. The molecule has 4 heteroatoms. The van der Waals surface area contributed by atoms with Gasteiger partial charge in [-0.3, -0.25) is 4.98 Å². The molecule has 0 amide bonds. The first-order valence-corrected chi connectivity index (χ1v) is 6.30. The molecule has 98 valence electrons. The third kappa shape index (κ3) is 2.23. The molecule has 0 unspecified atom stereocenters. The zero-order chi connectivity index (χ0) is 13.9. The Bertz CT molecular complexity index is 797.